The zero-order valence-electron chi connectivity index (χ0n) is 10.6. The van der Waals surface area contributed by atoms with E-state index in [0.717, 1.165) is 11.1 Å². The Balaban J connectivity index is 2.28. The van der Waals surface area contributed by atoms with Gasteiger partial charge in [0.05, 0.1) is 13.7 Å². The number of hydrogen-bond donors (Lipinski definition) is 0. The summed E-state index contributed by atoms with van der Waals surface area (Å²) in [5, 5.41) is 2.31. The first-order valence-electron chi connectivity index (χ1n) is 6.12. The number of ether oxygens (including phenoxy) is 2. The van der Waals surface area contributed by atoms with Crippen molar-refractivity contribution in [1.29, 1.82) is 0 Å². The summed E-state index contributed by atoms with van der Waals surface area (Å²) in [5.41, 5.74) is 0.860. The Morgan fingerprint density at radius 1 is 1.11 bits per heavy atom. The van der Waals surface area contributed by atoms with Crippen LogP contribution in [-0.4, -0.2) is 13.7 Å². The molecule has 0 fully saturated rings. The predicted molar refractivity (Wildman–Crippen MR) is 72.9 cm³/mol. The molecule has 1 atom stereocenters. The Morgan fingerprint density at radius 2 is 1.89 bits per heavy atom. The lowest BCUT2D eigenvalue weighted by Gasteiger charge is -2.24. The molecular weight excluding hydrogens is 224 g/mol. The van der Waals surface area contributed by atoms with Crippen molar-refractivity contribution in [2.45, 2.75) is 12.5 Å². The summed E-state index contributed by atoms with van der Waals surface area (Å²) < 4.78 is 11.3. The van der Waals surface area contributed by atoms with Crippen LogP contribution in [0.3, 0.4) is 0 Å². The summed E-state index contributed by atoms with van der Waals surface area (Å²) in [7, 11) is 1.70. The van der Waals surface area contributed by atoms with Crippen molar-refractivity contribution in [3.8, 4) is 5.75 Å². The van der Waals surface area contributed by atoms with Gasteiger partial charge in [-0.3, -0.25) is 0 Å². The second-order valence-corrected chi connectivity index (χ2v) is 4.68. The van der Waals surface area contributed by atoms with Gasteiger partial charge in [0.1, 0.15) is 11.4 Å². The lowest BCUT2D eigenvalue weighted by atomic mass is 9.91. The third-order valence-corrected chi connectivity index (χ3v) is 3.55. The second-order valence-electron chi connectivity index (χ2n) is 4.68. The number of methoxy groups -OCH3 is 1. The molecule has 0 spiro atoms. The van der Waals surface area contributed by atoms with Crippen LogP contribution in [0.2, 0.25) is 0 Å². The molecular formula is C16H16O2. The highest BCUT2D eigenvalue weighted by Crippen LogP contribution is 2.38. The summed E-state index contributed by atoms with van der Waals surface area (Å²) in [6.45, 7) is 2.78. The van der Waals surface area contributed by atoms with E-state index in [0.29, 0.717) is 6.61 Å². The highest BCUT2D eigenvalue weighted by Gasteiger charge is 2.29. The van der Waals surface area contributed by atoms with Gasteiger partial charge in [0.25, 0.3) is 0 Å². The molecule has 18 heavy (non-hydrogen) atoms. The van der Waals surface area contributed by atoms with Crippen LogP contribution in [0, 0.1) is 0 Å². The van der Waals surface area contributed by atoms with Gasteiger partial charge >= 0.3 is 0 Å². The fraction of sp³-hybridized carbons (Fsp3) is 0.250. The number of benzene rings is 2. The van der Waals surface area contributed by atoms with Gasteiger partial charge in [-0.25, -0.2) is 0 Å². The highest BCUT2D eigenvalue weighted by atomic mass is 16.5. The monoisotopic (exact) mass is 240 g/mol. The van der Waals surface area contributed by atoms with Gasteiger partial charge in [-0.05, 0) is 23.9 Å². The van der Waals surface area contributed by atoms with E-state index in [2.05, 4.69) is 37.3 Å². The second kappa shape index (κ2) is 4.14. The van der Waals surface area contributed by atoms with E-state index in [1.54, 1.807) is 7.11 Å². The maximum atomic E-state index is 5.86. The molecule has 0 aromatic heterocycles. The zero-order chi connectivity index (χ0) is 12.6. The Morgan fingerprint density at radius 3 is 2.56 bits per heavy atom. The van der Waals surface area contributed by atoms with Gasteiger partial charge in [-0.1, -0.05) is 42.5 Å². The fourth-order valence-corrected chi connectivity index (χ4v) is 2.59. The van der Waals surface area contributed by atoms with E-state index < -0.39 is 0 Å². The normalized spacial score (nSPS) is 22.6. The van der Waals surface area contributed by atoms with E-state index >= 15 is 0 Å². The third kappa shape index (κ3) is 1.61. The minimum absolute atomic E-state index is 0.328. The molecule has 1 aliphatic heterocycles. The first kappa shape index (κ1) is 11.3. The Kier molecular flexibility index (Phi) is 2.60. The molecule has 0 bridgehead atoms. The van der Waals surface area contributed by atoms with Crippen molar-refractivity contribution in [2.24, 2.45) is 0 Å². The average Bonchev–Trinajstić information content (AvgIpc) is 2.85. The largest absolute Gasteiger partial charge is 0.496 e. The van der Waals surface area contributed by atoms with E-state index in [1.807, 2.05) is 18.2 Å². The maximum Gasteiger partial charge on any atom is 0.126 e. The molecule has 0 N–H and O–H groups in total. The van der Waals surface area contributed by atoms with Crippen LogP contribution in [0.5, 0.6) is 5.75 Å². The van der Waals surface area contributed by atoms with E-state index in [-0.39, 0.29) is 5.60 Å². The molecule has 0 saturated heterocycles. The van der Waals surface area contributed by atoms with Crippen LogP contribution in [0.25, 0.3) is 10.8 Å². The molecule has 1 aliphatic rings. The van der Waals surface area contributed by atoms with Gasteiger partial charge in [0, 0.05) is 5.39 Å². The molecule has 3 rings (SSSR count). The van der Waals surface area contributed by atoms with Gasteiger partial charge in [-0.2, -0.15) is 0 Å². The van der Waals surface area contributed by atoms with Crippen molar-refractivity contribution in [1.82, 2.24) is 0 Å². The van der Waals surface area contributed by atoms with Crippen molar-refractivity contribution in [3.05, 3.63) is 54.1 Å². The molecule has 0 amide bonds. The first-order chi connectivity index (χ1) is 8.74. The minimum atomic E-state index is -0.328. The molecule has 92 valence electrons. The Hall–Kier alpha value is -1.80. The van der Waals surface area contributed by atoms with Crippen LogP contribution in [0.15, 0.2) is 48.6 Å². The Labute approximate surface area is 107 Å². The summed E-state index contributed by atoms with van der Waals surface area (Å²) in [4.78, 5) is 0. The molecule has 2 heteroatoms. The summed E-state index contributed by atoms with van der Waals surface area (Å²) >= 11 is 0. The molecule has 1 unspecified atom stereocenters. The molecule has 2 nitrogen and oxygen atoms in total. The summed E-state index contributed by atoms with van der Waals surface area (Å²) in [6, 6.07) is 12.4. The fourth-order valence-electron chi connectivity index (χ4n) is 2.59. The maximum absolute atomic E-state index is 5.86. The average molecular weight is 240 g/mol. The van der Waals surface area contributed by atoms with Crippen LogP contribution in [0.4, 0.5) is 0 Å². The van der Waals surface area contributed by atoms with E-state index in [1.165, 1.54) is 10.9 Å². The minimum Gasteiger partial charge on any atom is -0.496 e. The topological polar surface area (TPSA) is 18.5 Å². The van der Waals surface area contributed by atoms with E-state index in [9.17, 15) is 0 Å². The Bertz CT molecular complexity index is 616. The highest BCUT2D eigenvalue weighted by molar-refractivity contribution is 5.92. The van der Waals surface area contributed by atoms with Crippen molar-refractivity contribution >= 4 is 10.8 Å². The lowest BCUT2D eigenvalue weighted by Crippen LogP contribution is -2.19. The predicted octanol–water partition coefficient (Wildman–Crippen LogP) is 3.65. The van der Waals surface area contributed by atoms with Crippen molar-refractivity contribution in [2.75, 3.05) is 13.7 Å². The molecule has 0 saturated carbocycles. The van der Waals surface area contributed by atoms with Crippen LogP contribution in [0.1, 0.15) is 12.5 Å². The first-order valence-corrected chi connectivity index (χ1v) is 6.12. The van der Waals surface area contributed by atoms with Crippen LogP contribution in [-0.2, 0) is 10.3 Å². The van der Waals surface area contributed by atoms with Gasteiger partial charge in [0.2, 0.25) is 0 Å². The van der Waals surface area contributed by atoms with Gasteiger partial charge in [-0.15, -0.1) is 0 Å². The molecule has 2 aromatic carbocycles. The van der Waals surface area contributed by atoms with Crippen LogP contribution < -0.4 is 4.74 Å². The van der Waals surface area contributed by atoms with E-state index in [4.69, 9.17) is 9.47 Å². The smallest absolute Gasteiger partial charge is 0.126 e. The van der Waals surface area contributed by atoms with Gasteiger partial charge < -0.3 is 9.47 Å². The van der Waals surface area contributed by atoms with Crippen molar-refractivity contribution in [3.63, 3.8) is 0 Å². The molecule has 0 aliphatic carbocycles. The lowest BCUT2D eigenvalue weighted by molar-refractivity contribution is 0.0402. The quantitative estimate of drug-likeness (QED) is 0.746. The summed E-state index contributed by atoms with van der Waals surface area (Å²) in [6.07, 6.45) is 4.19. The van der Waals surface area contributed by atoms with Crippen molar-refractivity contribution < 1.29 is 9.47 Å². The standard InChI is InChI=1S/C16H16O2/c1-16(10-5-11-18-16)14-8-9-15(17-2)13-7-4-3-6-12(13)14/h3-10H,11H2,1-2H3. The zero-order valence-corrected chi connectivity index (χ0v) is 10.6. The third-order valence-electron chi connectivity index (χ3n) is 3.55. The number of fused-ring (bicyclic) bond motifs is 1. The summed E-state index contributed by atoms with van der Waals surface area (Å²) in [5.74, 6) is 0.903. The molecule has 2 aromatic rings. The number of hydrogen-bond acceptors (Lipinski definition) is 2. The molecule has 1 heterocycles. The van der Waals surface area contributed by atoms with Crippen LogP contribution >= 0.6 is 0 Å². The SMILES string of the molecule is COc1ccc(C2(C)C=CCO2)c2ccccc12. The number of rotatable bonds is 2. The van der Waals surface area contributed by atoms with Gasteiger partial charge in [0.15, 0.2) is 0 Å². The molecule has 0 radical (unpaired) electrons.